The molecule has 7 heteroatoms. The van der Waals surface area contributed by atoms with Gasteiger partial charge in [-0.1, -0.05) is 15.9 Å². The highest BCUT2D eigenvalue weighted by Gasteiger charge is 2.15. The van der Waals surface area contributed by atoms with Gasteiger partial charge in [0, 0.05) is 47.3 Å². The van der Waals surface area contributed by atoms with E-state index in [1.165, 1.54) is 5.69 Å². The second-order valence-electron chi connectivity index (χ2n) is 6.62. The maximum Gasteiger partial charge on any atom is 0.294 e. The minimum atomic E-state index is -0.270. The average molecular weight is 425 g/mol. The van der Waals surface area contributed by atoms with Gasteiger partial charge in [-0.25, -0.2) is 4.98 Å². The van der Waals surface area contributed by atoms with E-state index in [2.05, 4.69) is 48.2 Å². The number of halogens is 1. The Morgan fingerprint density at radius 3 is 2.63 bits per heavy atom. The van der Waals surface area contributed by atoms with Crippen LogP contribution in [0.25, 0.3) is 33.5 Å². The van der Waals surface area contributed by atoms with Crippen LogP contribution in [0.1, 0.15) is 0 Å². The molecule has 1 saturated heterocycles. The number of benzene rings is 2. The molecule has 0 aliphatic carbocycles. The van der Waals surface area contributed by atoms with E-state index in [0.717, 1.165) is 41.6 Å². The first-order valence-corrected chi connectivity index (χ1v) is 9.66. The fourth-order valence-corrected chi connectivity index (χ4v) is 3.88. The standard InChI is InChI=1S/C20H17BrN4O2/c21-13-3-6-16-15(11-13)17-18(27-16)20(26)24-19(23-17)12-1-4-14(5-2-12)25-9-7-22-8-10-25/h1-6,11,22H,7-10H2,(H,23,24,26). The van der Waals surface area contributed by atoms with Crippen LogP contribution >= 0.6 is 15.9 Å². The zero-order valence-electron chi connectivity index (χ0n) is 14.5. The monoisotopic (exact) mass is 424 g/mol. The number of furan rings is 1. The number of hydrogen-bond acceptors (Lipinski definition) is 5. The van der Waals surface area contributed by atoms with Gasteiger partial charge in [-0.15, -0.1) is 0 Å². The summed E-state index contributed by atoms with van der Waals surface area (Å²) < 4.78 is 6.61. The fourth-order valence-electron chi connectivity index (χ4n) is 3.52. The van der Waals surface area contributed by atoms with Crippen molar-refractivity contribution in [3.8, 4) is 11.4 Å². The van der Waals surface area contributed by atoms with Crippen molar-refractivity contribution in [1.82, 2.24) is 15.3 Å². The van der Waals surface area contributed by atoms with Gasteiger partial charge < -0.3 is 19.6 Å². The van der Waals surface area contributed by atoms with E-state index in [1.54, 1.807) is 0 Å². The number of nitrogens with zero attached hydrogens (tertiary/aromatic N) is 2. The second kappa shape index (κ2) is 6.51. The molecule has 1 aliphatic heterocycles. The lowest BCUT2D eigenvalue weighted by atomic mass is 10.1. The van der Waals surface area contributed by atoms with E-state index in [9.17, 15) is 4.79 Å². The van der Waals surface area contributed by atoms with Gasteiger partial charge in [0.15, 0.2) is 0 Å². The third-order valence-corrected chi connectivity index (χ3v) is 5.40. The molecule has 1 aliphatic rings. The highest BCUT2D eigenvalue weighted by Crippen LogP contribution is 2.29. The number of rotatable bonds is 2. The first-order valence-electron chi connectivity index (χ1n) is 8.87. The zero-order chi connectivity index (χ0) is 18.4. The van der Waals surface area contributed by atoms with Crippen LogP contribution in [-0.2, 0) is 0 Å². The molecule has 2 N–H and O–H groups in total. The van der Waals surface area contributed by atoms with Gasteiger partial charge in [-0.3, -0.25) is 4.79 Å². The number of aromatic nitrogens is 2. The molecule has 0 radical (unpaired) electrons. The summed E-state index contributed by atoms with van der Waals surface area (Å²) in [6.45, 7) is 3.99. The van der Waals surface area contributed by atoms with Crippen LogP contribution in [0.5, 0.6) is 0 Å². The number of aromatic amines is 1. The molecule has 0 saturated carbocycles. The lowest BCUT2D eigenvalue weighted by Gasteiger charge is -2.29. The van der Waals surface area contributed by atoms with E-state index in [1.807, 2.05) is 30.3 Å². The summed E-state index contributed by atoms with van der Waals surface area (Å²) in [6, 6.07) is 13.8. The molecule has 6 nitrogen and oxygen atoms in total. The fraction of sp³-hybridized carbons (Fsp3) is 0.200. The SMILES string of the molecule is O=c1[nH]c(-c2ccc(N3CCNCC3)cc2)nc2c1oc1ccc(Br)cc12. The van der Waals surface area contributed by atoms with E-state index >= 15 is 0 Å². The van der Waals surface area contributed by atoms with Crippen LogP contribution in [0.3, 0.4) is 0 Å². The van der Waals surface area contributed by atoms with Crippen LogP contribution in [-0.4, -0.2) is 36.1 Å². The molecule has 0 atom stereocenters. The highest BCUT2D eigenvalue weighted by molar-refractivity contribution is 9.10. The molecular formula is C20H17BrN4O2. The quantitative estimate of drug-likeness (QED) is 0.514. The van der Waals surface area contributed by atoms with Crippen molar-refractivity contribution in [2.45, 2.75) is 0 Å². The van der Waals surface area contributed by atoms with Gasteiger partial charge in [0.2, 0.25) is 5.58 Å². The molecule has 27 heavy (non-hydrogen) atoms. The van der Waals surface area contributed by atoms with Crippen molar-refractivity contribution in [3.05, 3.63) is 57.3 Å². The number of H-pyrrole nitrogens is 1. The Morgan fingerprint density at radius 2 is 1.85 bits per heavy atom. The van der Waals surface area contributed by atoms with Crippen molar-refractivity contribution in [3.63, 3.8) is 0 Å². The maximum absolute atomic E-state index is 12.5. The van der Waals surface area contributed by atoms with Gasteiger partial charge in [0.1, 0.15) is 16.9 Å². The summed E-state index contributed by atoms with van der Waals surface area (Å²) in [5.41, 5.74) is 3.27. The lowest BCUT2D eigenvalue weighted by Crippen LogP contribution is -2.43. The summed E-state index contributed by atoms with van der Waals surface area (Å²) in [6.07, 6.45) is 0. The predicted molar refractivity (Wildman–Crippen MR) is 110 cm³/mol. The zero-order valence-corrected chi connectivity index (χ0v) is 16.0. The van der Waals surface area contributed by atoms with E-state index in [-0.39, 0.29) is 11.1 Å². The van der Waals surface area contributed by atoms with E-state index in [4.69, 9.17) is 4.42 Å². The molecule has 2 aromatic carbocycles. The summed E-state index contributed by atoms with van der Waals surface area (Å²) in [5.74, 6) is 0.544. The van der Waals surface area contributed by atoms with Crippen LogP contribution in [0.15, 0.2) is 56.1 Å². The first kappa shape index (κ1) is 16.5. The van der Waals surface area contributed by atoms with Crippen molar-refractivity contribution < 1.29 is 4.42 Å². The number of piperazine rings is 1. The maximum atomic E-state index is 12.5. The lowest BCUT2D eigenvalue weighted by molar-refractivity contribution is 0.589. The third kappa shape index (κ3) is 2.93. The van der Waals surface area contributed by atoms with Gasteiger partial charge in [-0.2, -0.15) is 0 Å². The molecule has 136 valence electrons. The Balaban J connectivity index is 1.59. The summed E-state index contributed by atoms with van der Waals surface area (Å²) in [7, 11) is 0. The number of hydrogen-bond donors (Lipinski definition) is 2. The third-order valence-electron chi connectivity index (χ3n) is 4.91. The minimum Gasteiger partial charge on any atom is -0.449 e. The van der Waals surface area contributed by atoms with Gasteiger partial charge in [0.05, 0.1) is 0 Å². The van der Waals surface area contributed by atoms with Crippen LogP contribution in [0, 0.1) is 0 Å². The molecule has 0 unspecified atom stereocenters. The van der Waals surface area contributed by atoms with Crippen molar-refractivity contribution in [2.24, 2.45) is 0 Å². The molecule has 1 fully saturated rings. The molecule has 5 rings (SSSR count). The average Bonchev–Trinajstić information content (AvgIpc) is 3.07. The van der Waals surface area contributed by atoms with Crippen LogP contribution in [0.4, 0.5) is 5.69 Å². The molecular weight excluding hydrogens is 408 g/mol. The summed E-state index contributed by atoms with van der Waals surface area (Å²) in [5, 5.41) is 4.18. The second-order valence-corrected chi connectivity index (χ2v) is 7.53. The Hall–Kier alpha value is -2.64. The van der Waals surface area contributed by atoms with Crippen LogP contribution < -0.4 is 15.8 Å². The number of anilines is 1. The van der Waals surface area contributed by atoms with E-state index in [0.29, 0.717) is 16.9 Å². The van der Waals surface area contributed by atoms with Gasteiger partial charge >= 0.3 is 0 Å². The molecule has 3 heterocycles. The molecule has 2 aromatic heterocycles. The predicted octanol–water partition coefficient (Wildman–Crippen LogP) is 3.51. The molecule has 4 aromatic rings. The van der Waals surface area contributed by atoms with Crippen molar-refractivity contribution in [2.75, 3.05) is 31.1 Å². The normalized spacial score (nSPS) is 14.9. The molecule has 0 bridgehead atoms. The Morgan fingerprint density at radius 1 is 1.07 bits per heavy atom. The molecule has 0 spiro atoms. The largest absolute Gasteiger partial charge is 0.449 e. The summed E-state index contributed by atoms with van der Waals surface area (Å²) >= 11 is 3.47. The van der Waals surface area contributed by atoms with Crippen LogP contribution in [0.2, 0.25) is 0 Å². The van der Waals surface area contributed by atoms with Crippen molar-refractivity contribution >= 4 is 43.7 Å². The number of fused-ring (bicyclic) bond motifs is 3. The minimum absolute atomic E-state index is 0.254. The Kier molecular flexibility index (Phi) is 3.98. The first-order chi connectivity index (χ1) is 13.2. The topological polar surface area (TPSA) is 74.2 Å². The van der Waals surface area contributed by atoms with Crippen molar-refractivity contribution in [1.29, 1.82) is 0 Å². The Bertz CT molecular complexity index is 1190. The van der Waals surface area contributed by atoms with Gasteiger partial charge in [0.25, 0.3) is 5.56 Å². The highest BCUT2D eigenvalue weighted by atomic mass is 79.9. The van der Waals surface area contributed by atoms with Gasteiger partial charge in [-0.05, 0) is 42.5 Å². The number of nitrogens with one attached hydrogen (secondary N) is 2. The molecule has 0 amide bonds. The smallest absolute Gasteiger partial charge is 0.294 e. The van der Waals surface area contributed by atoms with E-state index < -0.39 is 0 Å². The Labute approximate surface area is 163 Å². The summed E-state index contributed by atoms with van der Waals surface area (Å²) in [4.78, 5) is 22.4.